The summed E-state index contributed by atoms with van der Waals surface area (Å²) in [6.45, 7) is 0.701. The first-order chi connectivity index (χ1) is 12.1. The van der Waals surface area contributed by atoms with Gasteiger partial charge < -0.3 is 15.2 Å². The van der Waals surface area contributed by atoms with Crippen LogP contribution in [0, 0.1) is 5.92 Å². The van der Waals surface area contributed by atoms with E-state index in [0.29, 0.717) is 23.2 Å². The SMILES string of the molecule is COc1ccc([C@@H]2C[C@H]2CN(O)C(N)=O)cc1OCc1ccccc1. The molecule has 6 heteroatoms. The summed E-state index contributed by atoms with van der Waals surface area (Å²) >= 11 is 0. The molecule has 2 atom stereocenters. The number of hydrogen-bond acceptors (Lipinski definition) is 4. The van der Waals surface area contributed by atoms with Gasteiger partial charge in [0.2, 0.25) is 0 Å². The summed E-state index contributed by atoms with van der Waals surface area (Å²) < 4.78 is 11.3. The number of hydrogen-bond donors (Lipinski definition) is 2. The number of ether oxygens (including phenoxy) is 2. The third-order valence-electron chi connectivity index (χ3n) is 4.44. The fraction of sp³-hybridized carbons (Fsp3) is 0.316. The average Bonchev–Trinajstić information content (AvgIpc) is 3.39. The van der Waals surface area contributed by atoms with Crippen molar-refractivity contribution in [3.05, 3.63) is 59.7 Å². The highest BCUT2D eigenvalue weighted by molar-refractivity contribution is 5.70. The summed E-state index contributed by atoms with van der Waals surface area (Å²) in [6.07, 6.45) is 0.898. The highest BCUT2D eigenvalue weighted by Crippen LogP contribution is 2.49. The number of nitrogens with zero attached hydrogens (tertiary/aromatic N) is 1. The molecule has 0 spiro atoms. The van der Waals surface area contributed by atoms with Crippen molar-refractivity contribution in [2.75, 3.05) is 13.7 Å². The van der Waals surface area contributed by atoms with E-state index < -0.39 is 6.03 Å². The van der Waals surface area contributed by atoms with Gasteiger partial charge >= 0.3 is 6.03 Å². The number of benzene rings is 2. The standard InChI is InChI=1S/C19H22N2O4/c1-24-17-8-7-14(16-9-15(16)11-21(23)19(20)22)10-18(17)25-12-13-5-3-2-4-6-13/h2-8,10,15-16,23H,9,11-12H2,1H3,(H2,20,22)/t15-,16-/m0/s1. The van der Waals surface area contributed by atoms with E-state index in [-0.39, 0.29) is 18.4 Å². The van der Waals surface area contributed by atoms with Crippen LogP contribution in [0.15, 0.2) is 48.5 Å². The van der Waals surface area contributed by atoms with Crippen molar-refractivity contribution >= 4 is 6.03 Å². The molecule has 1 aliphatic carbocycles. The minimum absolute atomic E-state index is 0.202. The molecule has 1 saturated carbocycles. The lowest BCUT2D eigenvalue weighted by Gasteiger charge is -2.14. The van der Waals surface area contributed by atoms with Gasteiger partial charge in [-0.05, 0) is 41.5 Å². The molecule has 2 aromatic carbocycles. The number of primary amides is 1. The van der Waals surface area contributed by atoms with Crippen LogP contribution in [-0.4, -0.2) is 30.0 Å². The van der Waals surface area contributed by atoms with E-state index in [1.54, 1.807) is 7.11 Å². The summed E-state index contributed by atoms with van der Waals surface area (Å²) in [5, 5.41) is 10.0. The van der Waals surface area contributed by atoms with Crippen molar-refractivity contribution < 1.29 is 19.5 Å². The molecule has 0 radical (unpaired) electrons. The van der Waals surface area contributed by atoms with E-state index in [1.807, 2.05) is 48.5 Å². The number of amides is 2. The van der Waals surface area contributed by atoms with Gasteiger partial charge in [0, 0.05) is 0 Å². The Balaban J connectivity index is 1.67. The first kappa shape index (κ1) is 17.1. The molecule has 2 amide bonds. The van der Waals surface area contributed by atoms with Crippen molar-refractivity contribution in [2.24, 2.45) is 11.7 Å². The molecule has 6 nitrogen and oxygen atoms in total. The largest absolute Gasteiger partial charge is 0.493 e. The topological polar surface area (TPSA) is 85.0 Å². The molecular weight excluding hydrogens is 320 g/mol. The second kappa shape index (κ2) is 7.44. The molecule has 0 bridgehead atoms. The zero-order chi connectivity index (χ0) is 17.8. The number of carbonyl (C=O) groups is 1. The Hall–Kier alpha value is -2.73. The second-order valence-electron chi connectivity index (χ2n) is 6.21. The predicted octanol–water partition coefficient (Wildman–Crippen LogP) is 3.15. The van der Waals surface area contributed by atoms with Crippen LogP contribution in [0.1, 0.15) is 23.5 Å². The van der Waals surface area contributed by atoms with Gasteiger partial charge in [-0.2, -0.15) is 0 Å². The van der Waals surface area contributed by atoms with Gasteiger partial charge in [-0.25, -0.2) is 9.86 Å². The van der Waals surface area contributed by atoms with Gasteiger partial charge in [0.1, 0.15) is 6.61 Å². The normalized spacial score (nSPS) is 18.5. The molecule has 1 fully saturated rings. The lowest BCUT2D eigenvalue weighted by Crippen LogP contribution is -2.34. The molecule has 0 aromatic heterocycles. The van der Waals surface area contributed by atoms with Crippen LogP contribution in [0.5, 0.6) is 11.5 Å². The van der Waals surface area contributed by atoms with Crippen LogP contribution in [0.25, 0.3) is 0 Å². The van der Waals surface area contributed by atoms with Crippen LogP contribution in [0.2, 0.25) is 0 Å². The van der Waals surface area contributed by atoms with Crippen molar-refractivity contribution in [1.29, 1.82) is 0 Å². The summed E-state index contributed by atoms with van der Waals surface area (Å²) in [5.41, 5.74) is 7.24. The Morgan fingerprint density at radius 3 is 2.68 bits per heavy atom. The minimum Gasteiger partial charge on any atom is -0.493 e. The smallest absolute Gasteiger partial charge is 0.338 e. The van der Waals surface area contributed by atoms with E-state index in [1.165, 1.54) is 0 Å². The summed E-state index contributed by atoms with van der Waals surface area (Å²) in [4.78, 5) is 10.9. The van der Waals surface area contributed by atoms with Crippen molar-refractivity contribution in [3.63, 3.8) is 0 Å². The van der Waals surface area contributed by atoms with E-state index in [9.17, 15) is 10.0 Å². The van der Waals surface area contributed by atoms with Crippen LogP contribution in [0.4, 0.5) is 4.79 Å². The molecule has 0 saturated heterocycles. The fourth-order valence-corrected chi connectivity index (χ4v) is 2.94. The molecule has 2 aromatic rings. The zero-order valence-corrected chi connectivity index (χ0v) is 14.1. The van der Waals surface area contributed by atoms with E-state index >= 15 is 0 Å². The summed E-state index contributed by atoms with van der Waals surface area (Å²) in [7, 11) is 1.61. The van der Waals surface area contributed by atoms with E-state index in [4.69, 9.17) is 15.2 Å². The Morgan fingerprint density at radius 1 is 1.24 bits per heavy atom. The molecular formula is C19H22N2O4. The molecule has 3 N–H and O–H groups in total. The van der Waals surface area contributed by atoms with Crippen molar-refractivity contribution in [3.8, 4) is 11.5 Å². The monoisotopic (exact) mass is 342 g/mol. The third kappa shape index (κ3) is 4.22. The first-order valence-corrected chi connectivity index (χ1v) is 8.19. The maximum Gasteiger partial charge on any atom is 0.338 e. The Labute approximate surface area is 146 Å². The third-order valence-corrected chi connectivity index (χ3v) is 4.44. The quantitative estimate of drug-likeness (QED) is 0.598. The van der Waals surface area contributed by atoms with Gasteiger partial charge in [-0.3, -0.25) is 5.21 Å². The molecule has 1 aliphatic rings. The maximum atomic E-state index is 10.9. The minimum atomic E-state index is -0.827. The Bertz CT molecular complexity index is 735. The number of rotatable bonds is 7. The molecule has 25 heavy (non-hydrogen) atoms. The first-order valence-electron chi connectivity index (χ1n) is 8.19. The molecule has 0 heterocycles. The predicted molar refractivity (Wildman–Crippen MR) is 92.7 cm³/mol. The lowest BCUT2D eigenvalue weighted by atomic mass is 10.1. The number of hydroxylamine groups is 2. The van der Waals surface area contributed by atoms with Gasteiger partial charge in [-0.1, -0.05) is 36.4 Å². The molecule has 3 rings (SSSR count). The van der Waals surface area contributed by atoms with Gasteiger partial charge in [0.05, 0.1) is 13.7 Å². The van der Waals surface area contributed by atoms with Gasteiger partial charge in [0.25, 0.3) is 0 Å². The highest BCUT2D eigenvalue weighted by atomic mass is 16.5. The number of nitrogens with two attached hydrogens (primary N) is 1. The maximum absolute atomic E-state index is 10.9. The molecule has 132 valence electrons. The van der Waals surface area contributed by atoms with Crippen LogP contribution in [0.3, 0.4) is 0 Å². The van der Waals surface area contributed by atoms with Crippen molar-refractivity contribution in [2.45, 2.75) is 18.9 Å². The Kier molecular flexibility index (Phi) is 5.09. The molecule has 0 aliphatic heterocycles. The number of carbonyl (C=O) groups excluding carboxylic acids is 1. The van der Waals surface area contributed by atoms with Gasteiger partial charge in [0.15, 0.2) is 11.5 Å². The number of methoxy groups -OCH3 is 1. The number of urea groups is 1. The van der Waals surface area contributed by atoms with Gasteiger partial charge in [-0.15, -0.1) is 0 Å². The van der Waals surface area contributed by atoms with Crippen molar-refractivity contribution in [1.82, 2.24) is 5.06 Å². The lowest BCUT2D eigenvalue weighted by molar-refractivity contribution is -0.0431. The zero-order valence-electron chi connectivity index (χ0n) is 14.1. The summed E-state index contributed by atoms with van der Waals surface area (Å²) in [5.74, 6) is 1.84. The summed E-state index contributed by atoms with van der Waals surface area (Å²) in [6, 6.07) is 14.9. The average molecular weight is 342 g/mol. The van der Waals surface area contributed by atoms with E-state index in [2.05, 4.69) is 0 Å². The van der Waals surface area contributed by atoms with E-state index in [0.717, 1.165) is 17.5 Å². The fourth-order valence-electron chi connectivity index (χ4n) is 2.94. The van der Waals surface area contributed by atoms with Crippen LogP contribution >= 0.6 is 0 Å². The molecule has 0 unspecified atom stereocenters. The Morgan fingerprint density at radius 2 is 2.00 bits per heavy atom. The van der Waals surface area contributed by atoms with Crippen LogP contribution in [-0.2, 0) is 6.61 Å². The second-order valence-corrected chi connectivity index (χ2v) is 6.21. The van der Waals surface area contributed by atoms with Crippen LogP contribution < -0.4 is 15.2 Å². The highest BCUT2D eigenvalue weighted by Gasteiger charge is 2.40.